The highest BCUT2D eigenvalue weighted by Gasteiger charge is 2.38. The van der Waals surface area contributed by atoms with E-state index in [1.165, 1.54) is 18.3 Å². The average molecular weight is 728 g/mol. The molecule has 1 saturated heterocycles. The topological polar surface area (TPSA) is 184 Å². The van der Waals surface area contributed by atoms with E-state index in [0.29, 0.717) is 23.2 Å². The Bertz CT molecular complexity index is 1500. The first-order valence-corrected chi connectivity index (χ1v) is 18.8. The standard InChI is InChI=1S/C36H53N7O7S/c1-21(2)29(43(6)35(47)26(17-24-11-12-24)40-33(46)28-10-7-8-15-42(28)5)19-30(50-23(4)44)34-41-27(20-51-34)32(45)39-25(16-22(3)36(48)49)18-31-37-13-9-14-38-31/h9,13-14,20-22,24-26,28-30H,7-8,10-12,15-19H2,1-6H3,(H,39,45)(H,40,46)(H,48,49)/t22-,25+,26-,28+,29+,30+/m0/s1. The smallest absolute Gasteiger partial charge is 0.306 e. The molecular weight excluding hydrogens is 675 g/mol. The lowest BCUT2D eigenvalue weighted by Gasteiger charge is -2.37. The van der Waals surface area contributed by atoms with E-state index in [-0.39, 0.29) is 54.8 Å². The molecule has 280 valence electrons. The number of likely N-dealkylation sites (N-methyl/N-ethyl adjacent to an activating group) is 2. The van der Waals surface area contributed by atoms with Crippen LogP contribution in [0.4, 0.5) is 0 Å². The number of thiazole rings is 1. The number of likely N-dealkylation sites (tertiary alicyclic amines) is 1. The summed E-state index contributed by atoms with van der Waals surface area (Å²) in [5, 5.41) is 17.5. The molecule has 4 rings (SSSR count). The lowest BCUT2D eigenvalue weighted by atomic mass is 9.95. The molecule has 0 radical (unpaired) electrons. The fourth-order valence-electron chi connectivity index (χ4n) is 6.66. The molecule has 3 N–H and O–H groups in total. The fraction of sp³-hybridized carbons (Fsp3) is 0.667. The van der Waals surface area contributed by atoms with Crippen LogP contribution in [0.25, 0.3) is 0 Å². The minimum atomic E-state index is -0.982. The maximum atomic E-state index is 14.1. The van der Waals surface area contributed by atoms with Crippen LogP contribution in [-0.4, -0.2) is 104 Å². The molecule has 0 unspecified atom stereocenters. The molecule has 1 aliphatic heterocycles. The number of hydrogen-bond acceptors (Lipinski definition) is 11. The third-order valence-corrected chi connectivity index (χ3v) is 10.7. The largest absolute Gasteiger partial charge is 0.481 e. The van der Waals surface area contributed by atoms with Crippen LogP contribution in [0, 0.1) is 17.8 Å². The van der Waals surface area contributed by atoms with E-state index in [4.69, 9.17) is 4.74 Å². The number of nitrogens with zero attached hydrogens (tertiary/aromatic N) is 5. The van der Waals surface area contributed by atoms with Crippen molar-refractivity contribution in [3.05, 3.63) is 40.4 Å². The quantitative estimate of drug-likeness (QED) is 0.191. The van der Waals surface area contributed by atoms with E-state index >= 15 is 0 Å². The summed E-state index contributed by atoms with van der Waals surface area (Å²) in [6.45, 7) is 7.69. The normalized spacial score (nSPS) is 19.3. The van der Waals surface area contributed by atoms with Crippen molar-refractivity contribution in [2.45, 2.75) is 116 Å². The van der Waals surface area contributed by atoms with E-state index < -0.39 is 42.0 Å². The van der Waals surface area contributed by atoms with Crippen molar-refractivity contribution in [3.63, 3.8) is 0 Å². The average Bonchev–Trinajstić information content (AvgIpc) is 3.76. The lowest BCUT2D eigenvalue weighted by molar-refractivity contribution is -0.149. The van der Waals surface area contributed by atoms with Gasteiger partial charge < -0.3 is 25.4 Å². The van der Waals surface area contributed by atoms with Crippen molar-refractivity contribution in [1.29, 1.82) is 0 Å². The lowest BCUT2D eigenvalue weighted by Crippen LogP contribution is -2.56. The number of ether oxygens (including phenoxy) is 1. The Hall–Kier alpha value is -3.98. The van der Waals surface area contributed by atoms with E-state index in [0.717, 1.165) is 38.6 Å². The summed E-state index contributed by atoms with van der Waals surface area (Å²) < 4.78 is 5.75. The van der Waals surface area contributed by atoms with Crippen molar-refractivity contribution in [2.75, 3.05) is 20.6 Å². The molecule has 6 atom stereocenters. The molecule has 2 aromatic rings. The summed E-state index contributed by atoms with van der Waals surface area (Å²) in [5.41, 5.74) is 0.0968. The molecular formula is C36H53N7O7S. The van der Waals surface area contributed by atoms with Crippen LogP contribution in [0.5, 0.6) is 0 Å². The molecule has 3 amide bonds. The number of carbonyl (C=O) groups is 5. The van der Waals surface area contributed by atoms with E-state index in [2.05, 4.69) is 30.5 Å². The van der Waals surface area contributed by atoms with Crippen molar-refractivity contribution >= 4 is 41.0 Å². The number of piperidine rings is 1. The minimum absolute atomic E-state index is 0.0429. The monoisotopic (exact) mass is 727 g/mol. The molecule has 2 aromatic heterocycles. The van der Waals surface area contributed by atoms with Crippen molar-refractivity contribution < 1.29 is 33.8 Å². The summed E-state index contributed by atoms with van der Waals surface area (Å²) in [5.74, 6) is -2.22. The van der Waals surface area contributed by atoms with Crippen LogP contribution in [0.3, 0.4) is 0 Å². The maximum Gasteiger partial charge on any atom is 0.306 e. The molecule has 51 heavy (non-hydrogen) atoms. The van der Waals surface area contributed by atoms with Crippen LogP contribution in [0.2, 0.25) is 0 Å². The van der Waals surface area contributed by atoms with E-state index in [9.17, 15) is 29.1 Å². The highest BCUT2D eigenvalue weighted by Crippen LogP contribution is 2.35. The summed E-state index contributed by atoms with van der Waals surface area (Å²) >= 11 is 1.17. The van der Waals surface area contributed by atoms with Gasteiger partial charge in [0.15, 0.2) is 6.10 Å². The van der Waals surface area contributed by atoms with Crippen LogP contribution in [-0.2, 0) is 30.3 Å². The number of nitrogens with one attached hydrogen (secondary N) is 2. The molecule has 0 bridgehead atoms. The Morgan fingerprint density at radius 2 is 1.76 bits per heavy atom. The van der Waals surface area contributed by atoms with Crippen molar-refractivity contribution in [2.24, 2.45) is 17.8 Å². The SMILES string of the molecule is CC(=O)O[C@H](C[C@H](C(C)C)N(C)C(=O)[C@H](CC1CC1)NC(=O)[C@H]1CCCCN1C)c1nc(C(=O)N[C@@H](Cc2ncccn2)C[C@H](C)C(=O)O)cs1. The van der Waals surface area contributed by atoms with Gasteiger partial charge in [-0.1, -0.05) is 40.0 Å². The van der Waals surface area contributed by atoms with Gasteiger partial charge in [0, 0.05) is 56.7 Å². The predicted octanol–water partition coefficient (Wildman–Crippen LogP) is 3.63. The summed E-state index contributed by atoms with van der Waals surface area (Å²) in [4.78, 5) is 81.5. The Morgan fingerprint density at radius 1 is 1.06 bits per heavy atom. The van der Waals surface area contributed by atoms with Gasteiger partial charge in [0.1, 0.15) is 22.6 Å². The van der Waals surface area contributed by atoms with Crippen LogP contribution < -0.4 is 10.6 Å². The number of aromatic nitrogens is 3. The zero-order valence-electron chi connectivity index (χ0n) is 30.5. The molecule has 0 aromatic carbocycles. The molecule has 2 fully saturated rings. The van der Waals surface area contributed by atoms with Gasteiger partial charge in [-0.25, -0.2) is 15.0 Å². The Kier molecular flexibility index (Phi) is 14.4. The Balaban J connectivity index is 1.49. The second-order valence-electron chi connectivity index (χ2n) is 14.4. The number of carbonyl (C=O) groups excluding carboxylic acids is 4. The summed E-state index contributed by atoms with van der Waals surface area (Å²) in [7, 11) is 3.68. The highest BCUT2D eigenvalue weighted by atomic mass is 32.1. The van der Waals surface area contributed by atoms with Gasteiger partial charge in [0.2, 0.25) is 11.8 Å². The van der Waals surface area contributed by atoms with Crippen LogP contribution in [0.1, 0.15) is 106 Å². The van der Waals surface area contributed by atoms with Gasteiger partial charge in [-0.3, -0.25) is 28.9 Å². The highest BCUT2D eigenvalue weighted by molar-refractivity contribution is 7.09. The molecule has 1 aliphatic carbocycles. The van der Waals surface area contributed by atoms with Crippen LogP contribution in [0.15, 0.2) is 23.8 Å². The second kappa shape index (κ2) is 18.5. The number of carboxylic acids is 1. The molecule has 1 saturated carbocycles. The van der Waals surface area contributed by atoms with Gasteiger partial charge in [0.05, 0.1) is 12.0 Å². The van der Waals surface area contributed by atoms with Crippen molar-refractivity contribution in [3.8, 4) is 0 Å². The van der Waals surface area contributed by atoms with Gasteiger partial charge >= 0.3 is 11.9 Å². The van der Waals surface area contributed by atoms with Crippen molar-refractivity contribution in [1.82, 2.24) is 35.4 Å². The Morgan fingerprint density at radius 3 is 2.37 bits per heavy atom. The van der Waals surface area contributed by atoms with Crippen LogP contribution >= 0.6 is 11.3 Å². The first-order chi connectivity index (χ1) is 24.2. The molecule has 2 aliphatic rings. The first kappa shape index (κ1) is 39.8. The third-order valence-electron chi connectivity index (χ3n) is 9.81. The zero-order valence-corrected chi connectivity index (χ0v) is 31.4. The third kappa shape index (κ3) is 11.8. The summed E-state index contributed by atoms with van der Waals surface area (Å²) in [6, 6.07) is -0.204. The minimum Gasteiger partial charge on any atom is -0.481 e. The fourth-order valence-corrected chi connectivity index (χ4v) is 7.50. The maximum absolute atomic E-state index is 14.1. The number of esters is 1. The summed E-state index contributed by atoms with van der Waals surface area (Å²) in [6.07, 6.45) is 8.38. The number of amides is 3. The Labute approximate surface area is 304 Å². The van der Waals surface area contributed by atoms with Gasteiger partial charge in [0.25, 0.3) is 5.91 Å². The first-order valence-electron chi connectivity index (χ1n) is 17.9. The van der Waals surface area contributed by atoms with Gasteiger partial charge in [-0.2, -0.15) is 0 Å². The van der Waals surface area contributed by atoms with E-state index in [1.54, 1.807) is 42.7 Å². The number of hydrogen-bond donors (Lipinski definition) is 3. The zero-order chi connectivity index (χ0) is 37.2. The molecule has 14 nitrogen and oxygen atoms in total. The number of aliphatic carboxylic acids is 1. The molecule has 15 heteroatoms. The van der Waals surface area contributed by atoms with Gasteiger partial charge in [-0.15, -0.1) is 11.3 Å². The van der Waals surface area contributed by atoms with Gasteiger partial charge in [-0.05, 0) is 57.2 Å². The predicted molar refractivity (Wildman–Crippen MR) is 191 cm³/mol. The molecule has 0 spiro atoms. The number of rotatable bonds is 18. The second-order valence-corrected chi connectivity index (χ2v) is 15.3. The van der Waals surface area contributed by atoms with E-state index in [1.807, 2.05) is 20.9 Å². The number of carboxylic acid groups (broad SMARTS) is 1. The molecule has 3 heterocycles.